The summed E-state index contributed by atoms with van der Waals surface area (Å²) in [6.45, 7) is 12.3. The van der Waals surface area contributed by atoms with Crippen LogP contribution in [0, 0.1) is 24.4 Å². The summed E-state index contributed by atoms with van der Waals surface area (Å²) in [5.41, 5.74) is 6.28. The van der Waals surface area contributed by atoms with Gasteiger partial charge in [-0.3, -0.25) is 0 Å². The summed E-state index contributed by atoms with van der Waals surface area (Å²) < 4.78 is 55.2. The van der Waals surface area contributed by atoms with Gasteiger partial charge >= 0.3 is 0 Å². The summed E-state index contributed by atoms with van der Waals surface area (Å²) in [6.07, 6.45) is 2.03. The largest absolute Gasteiger partial charge is 0.501 e. The number of furan rings is 1. The van der Waals surface area contributed by atoms with Crippen LogP contribution in [0.1, 0.15) is 64.1 Å². The van der Waals surface area contributed by atoms with Gasteiger partial charge in [0.15, 0.2) is 0 Å². The molecule has 0 bridgehead atoms. The van der Waals surface area contributed by atoms with Crippen molar-refractivity contribution in [1.29, 1.82) is 0 Å². The van der Waals surface area contributed by atoms with Crippen LogP contribution in [0.3, 0.4) is 0 Å². The maximum Gasteiger partial charge on any atom is 0.121 e. The Morgan fingerprint density at radius 1 is 0.860 bits per heavy atom. The van der Waals surface area contributed by atoms with Crippen molar-refractivity contribution in [2.75, 3.05) is 0 Å². The van der Waals surface area contributed by atoms with Crippen LogP contribution < -0.4 is 5.19 Å². The van der Waals surface area contributed by atoms with E-state index in [1.807, 2.05) is 94.6 Å². The summed E-state index contributed by atoms with van der Waals surface area (Å²) in [4.78, 5) is 9.14. The molecule has 5 heteroatoms. The number of pyridine rings is 2. The molecule has 7 rings (SSSR count). The quantitative estimate of drug-likeness (QED) is 0.124. The molecule has 257 valence electrons. The van der Waals surface area contributed by atoms with Crippen LogP contribution in [0.5, 0.6) is 0 Å². The van der Waals surface area contributed by atoms with Crippen molar-refractivity contribution in [3.63, 3.8) is 0 Å². The molecule has 3 nitrogen and oxygen atoms in total. The van der Waals surface area contributed by atoms with E-state index in [0.717, 1.165) is 33.2 Å². The molecule has 7 aromatic rings. The molecule has 3 aromatic heterocycles. The van der Waals surface area contributed by atoms with Crippen LogP contribution in [0.4, 0.5) is 0 Å². The summed E-state index contributed by atoms with van der Waals surface area (Å²) in [6, 6.07) is 38.4. The zero-order valence-corrected chi connectivity index (χ0v) is 33.0. The summed E-state index contributed by atoms with van der Waals surface area (Å²) in [5.74, 6) is -0.816. The maximum absolute atomic E-state index is 9.17. The van der Waals surface area contributed by atoms with E-state index in [1.165, 1.54) is 5.19 Å². The Bertz CT molecular complexity index is 2450. The average molecular weight is 857 g/mol. The number of rotatable bonds is 6. The van der Waals surface area contributed by atoms with E-state index in [9.17, 15) is 1.37 Å². The van der Waals surface area contributed by atoms with Crippen LogP contribution in [0.2, 0.25) is 19.6 Å². The van der Waals surface area contributed by atoms with E-state index >= 15 is 0 Å². The molecular formula is C45H46IrN2OSi-2. The average Bonchev–Trinajstić information content (AvgIpc) is 3.53. The third-order valence-electron chi connectivity index (χ3n) is 8.28. The molecule has 1 radical (unpaired) electrons. The Balaban J connectivity index is 0.000000214. The van der Waals surface area contributed by atoms with Crippen LogP contribution in [-0.2, 0) is 26.5 Å². The van der Waals surface area contributed by atoms with E-state index in [2.05, 4.69) is 42.8 Å². The third-order valence-corrected chi connectivity index (χ3v) is 10.3. The molecule has 0 aliphatic rings. The zero-order valence-electron chi connectivity index (χ0n) is 35.6. The summed E-state index contributed by atoms with van der Waals surface area (Å²) >= 11 is 0. The fourth-order valence-corrected chi connectivity index (χ4v) is 7.44. The molecule has 3 heterocycles. The predicted molar refractivity (Wildman–Crippen MR) is 209 cm³/mol. The topological polar surface area (TPSA) is 38.9 Å². The fraction of sp³-hybridized carbons (Fsp3) is 0.244. The Kier molecular flexibility index (Phi) is 9.10. The van der Waals surface area contributed by atoms with Gasteiger partial charge in [-0.05, 0) is 64.0 Å². The first-order valence-corrected chi connectivity index (χ1v) is 20.1. The van der Waals surface area contributed by atoms with Gasteiger partial charge < -0.3 is 14.4 Å². The second kappa shape index (κ2) is 15.4. The van der Waals surface area contributed by atoms with Gasteiger partial charge in [-0.1, -0.05) is 118 Å². The number of aryl methyl sites for hydroxylation is 1. The van der Waals surface area contributed by atoms with Crippen LogP contribution in [-0.4, -0.2) is 18.0 Å². The van der Waals surface area contributed by atoms with Gasteiger partial charge in [-0.15, -0.1) is 54.1 Å². The molecule has 0 spiro atoms. The van der Waals surface area contributed by atoms with Crippen molar-refractivity contribution in [2.24, 2.45) is 5.41 Å². The molecule has 0 amide bonds. The molecule has 1 unspecified atom stereocenters. The smallest absolute Gasteiger partial charge is 0.121 e. The molecule has 0 fully saturated rings. The first-order valence-electron chi connectivity index (χ1n) is 19.6. The van der Waals surface area contributed by atoms with E-state index in [1.54, 1.807) is 42.6 Å². The van der Waals surface area contributed by atoms with Crippen molar-refractivity contribution >= 4 is 35.2 Å². The molecule has 0 saturated carbocycles. The molecule has 1 atom stereocenters. The maximum atomic E-state index is 9.17. The van der Waals surface area contributed by atoms with E-state index in [4.69, 9.17) is 16.3 Å². The molecule has 0 saturated heterocycles. The van der Waals surface area contributed by atoms with Crippen molar-refractivity contribution < 1.29 is 32.7 Å². The van der Waals surface area contributed by atoms with Crippen molar-refractivity contribution in [1.82, 2.24) is 9.97 Å². The van der Waals surface area contributed by atoms with Gasteiger partial charge in [-0.25, -0.2) is 0 Å². The molecule has 50 heavy (non-hydrogen) atoms. The molecule has 0 aliphatic heterocycles. The van der Waals surface area contributed by atoms with Gasteiger partial charge in [-0.2, -0.15) is 0 Å². The molecule has 0 N–H and O–H groups in total. The number of hydrogen-bond acceptors (Lipinski definition) is 3. The molecular weight excluding hydrogens is 805 g/mol. The minimum Gasteiger partial charge on any atom is -0.501 e. The van der Waals surface area contributed by atoms with Gasteiger partial charge in [0.25, 0.3) is 0 Å². The zero-order chi connectivity index (χ0) is 40.0. The number of aromatic nitrogens is 2. The monoisotopic (exact) mass is 857 g/mol. The molecule has 0 aliphatic carbocycles. The minimum absolute atomic E-state index is 0. The van der Waals surface area contributed by atoms with Crippen LogP contribution in [0.25, 0.3) is 44.5 Å². The standard InChI is InChI=1S/C23H22NO.C22H24NSi.Ir/c1-15-8-9-17-18-6-5-7-19(22(18)25-21(17)12-15)20-13-16(10-11-24-20)14-23(2,3)4;1-17(18-11-7-5-8-12-18)20-15-21(19-13-9-6-10-14-19)23-16-22(20)24(2,3)4;/h5-6,8-13H,14H2,1-4H3;5-13,15-17H,1-4H3;/q2*-1;/i1D3,14D2;17D;. The van der Waals surface area contributed by atoms with Crippen LogP contribution >= 0.6 is 0 Å². The van der Waals surface area contributed by atoms with Gasteiger partial charge in [0.05, 0.1) is 13.7 Å². The normalized spacial score (nSPS) is 15.2. The van der Waals surface area contributed by atoms with Gasteiger partial charge in [0.2, 0.25) is 0 Å². The van der Waals surface area contributed by atoms with Gasteiger partial charge in [0.1, 0.15) is 5.58 Å². The van der Waals surface area contributed by atoms with Gasteiger partial charge in [0, 0.05) is 52.0 Å². The SMILES string of the molecule is [2H]C(C)(c1ccccc1)c1cc(-c2[c-]cccc2)ncc1[Si](C)(C)C.[2H]C([2H])([2H])c1ccc2c(c1)oc1c(-c3cc(C([2H])([2H])C(C)(C)C)ccn3)[c-]ccc12.[Ir]. The van der Waals surface area contributed by atoms with Crippen molar-refractivity contribution in [2.45, 2.75) is 66.5 Å². The Hall–Kier alpha value is -4.15. The van der Waals surface area contributed by atoms with Crippen molar-refractivity contribution in [3.8, 4) is 22.5 Å². The predicted octanol–water partition coefficient (Wildman–Crippen LogP) is 11.6. The Labute approximate surface area is 321 Å². The Morgan fingerprint density at radius 3 is 2.34 bits per heavy atom. The number of nitrogens with zero attached hydrogens (tertiary/aromatic N) is 2. The second-order valence-electron chi connectivity index (χ2n) is 14.3. The fourth-order valence-electron chi connectivity index (χ4n) is 5.92. The van der Waals surface area contributed by atoms with E-state index in [0.29, 0.717) is 28.0 Å². The Morgan fingerprint density at radius 2 is 1.64 bits per heavy atom. The molecule has 4 aromatic carbocycles. The second-order valence-corrected chi connectivity index (χ2v) is 19.4. The number of fused-ring (bicyclic) bond motifs is 3. The van der Waals surface area contributed by atoms with Crippen molar-refractivity contribution in [3.05, 3.63) is 150 Å². The number of benzene rings is 4. The minimum atomic E-state index is -2.21. The first kappa shape index (κ1) is 29.6. The first-order chi connectivity index (χ1) is 25.7. The van der Waals surface area contributed by atoms with E-state index < -0.39 is 32.6 Å². The summed E-state index contributed by atoms with van der Waals surface area (Å²) in [7, 11) is -1.64. The summed E-state index contributed by atoms with van der Waals surface area (Å²) in [5, 5.41) is 2.89. The number of hydrogen-bond donors (Lipinski definition) is 0. The van der Waals surface area contributed by atoms with E-state index in [-0.39, 0.29) is 25.7 Å². The van der Waals surface area contributed by atoms with Crippen LogP contribution in [0.15, 0.2) is 120 Å². The third kappa shape index (κ3) is 8.58.